The number of aromatic hydroxyl groups is 1. The number of phenolic OH excluding ortho intramolecular Hbond substituents is 1. The van der Waals surface area contributed by atoms with Gasteiger partial charge in [0.25, 0.3) is 0 Å². The van der Waals surface area contributed by atoms with Crippen molar-refractivity contribution in [3.05, 3.63) is 54.1 Å². The number of halogens is 3. The molecule has 0 radical (unpaired) electrons. The standard InChI is InChI=1S/C15H14F3NO2/c1-10(19-12-4-6-13(20)7-5-12)11-2-8-14(9-3-11)21-15(16,17)18/h2-10,19-20H,1H3. The van der Waals surface area contributed by atoms with Crippen molar-refractivity contribution in [2.24, 2.45) is 0 Å². The van der Waals surface area contributed by atoms with Gasteiger partial charge in [-0.3, -0.25) is 0 Å². The lowest BCUT2D eigenvalue weighted by atomic mass is 10.1. The zero-order chi connectivity index (χ0) is 15.5. The van der Waals surface area contributed by atoms with Crippen molar-refractivity contribution < 1.29 is 23.0 Å². The summed E-state index contributed by atoms with van der Waals surface area (Å²) in [7, 11) is 0. The van der Waals surface area contributed by atoms with Crippen LogP contribution in [0.1, 0.15) is 18.5 Å². The first-order valence-electron chi connectivity index (χ1n) is 6.25. The maximum Gasteiger partial charge on any atom is 0.573 e. The predicted molar refractivity (Wildman–Crippen MR) is 73.3 cm³/mol. The number of alkyl halides is 3. The molecule has 21 heavy (non-hydrogen) atoms. The van der Waals surface area contributed by atoms with Crippen LogP contribution in [0.5, 0.6) is 11.5 Å². The lowest BCUT2D eigenvalue weighted by molar-refractivity contribution is -0.274. The van der Waals surface area contributed by atoms with Crippen LogP contribution < -0.4 is 10.1 Å². The van der Waals surface area contributed by atoms with E-state index in [1.807, 2.05) is 6.92 Å². The van der Waals surface area contributed by atoms with E-state index in [1.54, 1.807) is 36.4 Å². The molecule has 0 aliphatic carbocycles. The first-order chi connectivity index (χ1) is 9.83. The Balaban J connectivity index is 2.02. The Morgan fingerprint density at radius 1 is 1.00 bits per heavy atom. The number of rotatable bonds is 4. The van der Waals surface area contributed by atoms with E-state index in [0.717, 1.165) is 11.3 Å². The summed E-state index contributed by atoms with van der Waals surface area (Å²) in [6, 6.07) is 12.1. The first-order valence-corrected chi connectivity index (χ1v) is 6.25. The van der Waals surface area contributed by atoms with Gasteiger partial charge in [-0.1, -0.05) is 12.1 Å². The SMILES string of the molecule is CC(Nc1ccc(O)cc1)c1ccc(OC(F)(F)F)cc1. The summed E-state index contributed by atoms with van der Waals surface area (Å²) in [5.74, 6) is -0.0788. The number of nitrogens with one attached hydrogen (secondary N) is 1. The summed E-state index contributed by atoms with van der Waals surface area (Å²) >= 11 is 0. The van der Waals surface area contributed by atoms with Gasteiger partial charge in [0.05, 0.1) is 0 Å². The van der Waals surface area contributed by atoms with E-state index in [-0.39, 0.29) is 17.5 Å². The summed E-state index contributed by atoms with van der Waals surface area (Å²) in [4.78, 5) is 0. The molecule has 6 heteroatoms. The van der Waals surface area contributed by atoms with E-state index < -0.39 is 6.36 Å². The Morgan fingerprint density at radius 3 is 2.10 bits per heavy atom. The van der Waals surface area contributed by atoms with Crippen LogP contribution in [0, 0.1) is 0 Å². The Morgan fingerprint density at radius 2 is 1.57 bits per heavy atom. The van der Waals surface area contributed by atoms with Gasteiger partial charge in [-0.05, 0) is 48.9 Å². The van der Waals surface area contributed by atoms with Crippen LogP contribution in [-0.2, 0) is 0 Å². The van der Waals surface area contributed by atoms with Crippen molar-refractivity contribution in [2.45, 2.75) is 19.3 Å². The molecule has 112 valence electrons. The highest BCUT2D eigenvalue weighted by Crippen LogP contribution is 2.26. The molecular formula is C15H14F3NO2. The number of anilines is 1. The Labute approximate surface area is 120 Å². The van der Waals surface area contributed by atoms with Crippen LogP contribution >= 0.6 is 0 Å². The van der Waals surface area contributed by atoms with Gasteiger partial charge in [0.15, 0.2) is 0 Å². The summed E-state index contributed by atoms with van der Waals surface area (Å²) in [5.41, 5.74) is 1.62. The second kappa shape index (κ2) is 5.95. The molecule has 0 fully saturated rings. The highest BCUT2D eigenvalue weighted by Gasteiger charge is 2.30. The van der Waals surface area contributed by atoms with Crippen LogP contribution in [0.2, 0.25) is 0 Å². The number of phenols is 1. The number of hydrogen-bond donors (Lipinski definition) is 2. The fourth-order valence-electron chi connectivity index (χ4n) is 1.85. The molecule has 0 aromatic heterocycles. The van der Waals surface area contributed by atoms with E-state index in [9.17, 15) is 18.3 Å². The van der Waals surface area contributed by atoms with Gasteiger partial charge in [0, 0.05) is 11.7 Å². The first kappa shape index (κ1) is 15.0. The molecular weight excluding hydrogens is 283 g/mol. The quantitative estimate of drug-likeness (QED) is 0.818. The second-order valence-corrected chi connectivity index (χ2v) is 4.53. The normalized spacial score (nSPS) is 12.8. The molecule has 0 amide bonds. The molecule has 2 aromatic rings. The molecule has 2 rings (SSSR count). The molecule has 0 aliphatic rings. The van der Waals surface area contributed by atoms with Crippen molar-refractivity contribution >= 4 is 5.69 Å². The van der Waals surface area contributed by atoms with Crippen LogP contribution in [0.3, 0.4) is 0 Å². The van der Waals surface area contributed by atoms with Crippen molar-refractivity contribution in [1.82, 2.24) is 0 Å². The highest BCUT2D eigenvalue weighted by molar-refractivity contribution is 5.48. The fraction of sp³-hybridized carbons (Fsp3) is 0.200. The molecule has 3 nitrogen and oxygen atoms in total. The van der Waals surface area contributed by atoms with E-state index in [0.29, 0.717) is 0 Å². The van der Waals surface area contributed by atoms with Crippen molar-refractivity contribution in [3.8, 4) is 11.5 Å². The third-order valence-corrected chi connectivity index (χ3v) is 2.86. The monoisotopic (exact) mass is 297 g/mol. The number of benzene rings is 2. The molecule has 0 spiro atoms. The lowest BCUT2D eigenvalue weighted by Gasteiger charge is -2.16. The molecule has 0 bridgehead atoms. The minimum absolute atomic E-state index is 0.102. The third kappa shape index (κ3) is 4.59. The highest BCUT2D eigenvalue weighted by atomic mass is 19.4. The largest absolute Gasteiger partial charge is 0.573 e. The van der Waals surface area contributed by atoms with Crippen molar-refractivity contribution in [3.63, 3.8) is 0 Å². The van der Waals surface area contributed by atoms with Gasteiger partial charge in [-0.2, -0.15) is 0 Å². The average Bonchev–Trinajstić information content (AvgIpc) is 2.40. The lowest BCUT2D eigenvalue weighted by Crippen LogP contribution is -2.17. The maximum absolute atomic E-state index is 12.1. The van der Waals surface area contributed by atoms with Crippen LogP contribution in [0.15, 0.2) is 48.5 Å². The van der Waals surface area contributed by atoms with Gasteiger partial charge in [-0.15, -0.1) is 13.2 Å². The number of ether oxygens (including phenoxy) is 1. The Hall–Kier alpha value is -2.37. The minimum Gasteiger partial charge on any atom is -0.508 e. The predicted octanol–water partition coefficient (Wildman–Crippen LogP) is 4.46. The zero-order valence-electron chi connectivity index (χ0n) is 11.2. The van der Waals surface area contributed by atoms with Crippen LogP contribution in [-0.4, -0.2) is 11.5 Å². The molecule has 0 aliphatic heterocycles. The van der Waals surface area contributed by atoms with E-state index in [2.05, 4.69) is 10.1 Å². The molecule has 0 saturated heterocycles. The summed E-state index contributed by atoms with van der Waals surface area (Å²) in [6.07, 6.45) is -4.68. The van der Waals surface area contributed by atoms with Gasteiger partial charge >= 0.3 is 6.36 Å². The topological polar surface area (TPSA) is 41.5 Å². The second-order valence-electron chi connectivity index (χ2n) is 4.53. The zero-order valence-corrected chi connectivity index (χ0v) is 11.2. The van der Waals surface area contributed by atoms with Crippen LogP contribution in [0.25, 0.3) is 0 Å². The summed E-state index contributed by atoms with van der Waals surface area (Å²) in [5, 5.41) is 12.4. The molecule has 2 aromatic carbocycles. The van der Waals surface area contributed by atoms with Crippen molar-refractivity contribution in [1.29, 1.82) is 0 Å². The molecule has 1 atom stereocenters. The Kier molecular flexibility index (Phi) is 4.26. The summed E-state index contributed by atoms with van der Waals surface area (Å²) < 4.78 is 40.0. The van der Waals surface area contributed by atoms with Crippen molar-refractivity contribution in [2.75, 3.05) is 5.32 Å². The summed E-state index contributed by atoms with van der Waals surface area (Å²) in [6.45, 7) is 1.88. The van der Waals surface area contributed by atoms with Gasteiger partial charge in [-0.25, -0.2) is 0 Å². The third-order valence-electron chi connectivity index (χ3n) is 2.86. The molecule has 2 N–H and O–H groups in total. The minimum atomic E-state index is -4.68. The molecule has 0 saturated carbocycles. The molecule has 1 unspecified atom stereocenters. The van der Waals surface area contributed by atoms with E-state index in [1.165, 1.54) is 12.1 Å². The van der Waals surface area contributed by atoms with Gasteiger partial charge < -0.3 is 15.2 Å². The van der Waals surface area contributed by atoms with E-state index >= 15 is 0 Å². The average molecular weight is 297 g/mol. The molecule has 0 heterocycles. The van der Waals surface area contributed by atoms with E-state index in [4.69, 9.17) is 0 Å². The van der Waals surface area contributed by atoms with Gasteiger partial charge in [0.1, 0.15) is 11.5 Å². The van der Waals surface area contributed by atoms with Crippen LogP contribution in [0.4, 0.5) is 18.9 Å². The smallest absolute Gasteiger partial charge is 0.508 e. The van der Waals surface area contributed by atoms with Gasteiger partial charge in [0.2, 0.25) is 0 Å². The Bertz CT molecular complexity index is 579. The number of hydrogen-bond acceptors (Lipinski definition) is 3. The fourth-order valence-corrected chi connectivity index (χ4v) is 1.85. The maximum atomic E-state index is 12.1.